The molecule has 0 aliphatic carbocycles. The quantitative estimate of drug-likeness (QED) is 0.681. The van der Waals surface area contributed by atoms with E-state index in [0.29, 0.717) is 0 Å². The minimum atomic E-state index is -4.61. The van der Waals surface area contributed by atoms with Crippen LogP contribution in [0, 0.1) is 5.82 Å². The molecule has 0 unspecified atom stereocenters. The van der Waals surface area contributed by atoms with Crippen molar-refractivity contribution in [3.8, 4) is 11.1 Å². The Morgan fingerprint density at radius 2 is 1.96 bits per heavy atom. The molecule has 0 amide bonds. The number of hydrogen-bond acceptors (Lipinski definition) is 2. The lowest BCUT2D eigenvalue weighted by molar-refractivity contribution is -0.137. The first kappa shape index (κ1) is 18.1. The highest BCUT2D eigenvalue weighted by molar-refractivity contribution is 5.93. The molecule has 0 aliphatic rings. The number of allylic oxidation sites excluding steroid dienone is 1. The number of nitrogens with two attached hydrogens (primary N) is 1. The fraction of sp³-hybridized carbons (Fsp3) is 0.167. The number of hydrogen-bond donors (Lipinski definition) is 1. The topological polar surface area (TPSA) is 43.8 Å². The molecule has 3 nitrogen and oxygen atoms in total. The predicted molar refractivity (Wildman–Crippen MR) is 88.4 cm³/mol. The number of fused-ring (bicyclic) bond motifs is 1. The van der Waals surface area contributed by atoms with Gasteiger partial charge < -0.3 is 10.3 Å². The molecule has 2 aromatic carbocycles. The van der Waals surface area contributed by atoms with E-state index < -0.39 is 23.4 Å². The van der Waals surface area contributed by atoms with Gasteiger partial charge in [0, 0.05) is 12.1 Å². The maximum absolute atomic E-state index is 13.8. The molecular weight excluding hydrogens is 353 g/mol. The normalized spacial score (nSPS) is 12.8. The third-order valence-electron chi connectivity index (χ3n) is 3.85. The van der Waals surface area contributed by atoms with Gasteiger partial charge in [-0.05, 0) is 35.9 Å². The van der Waals surface area contributed by atoms with E-state index >= 15 is 0 Å². The molecule has 1 heterocycles. The Bertz CT molecular complexity index is 973. The lowest BCUT2D eigenvalue weighted by Crippen LogP contribution is -2.06. The van der Waals surface area contributed by atoms with Gasteiger partial charge in [-0.25, -0.2) is 13.8 Å². The second-order valence-corrected chi connectivity index (χ2v) is 5.66. The van der Waals surface area contributed by atoms with Crippen molar-refractivity contribution in [2.75, 3.05) is 6.54 Å². The van der Waals surface area contributed by atoms with Crippen LogP contribution in [-0.4, -0.2) is 16.1 Å². The summed E-state index contributed by atoms with van der Waals surface area (Å²) in [6.07, 6.45) is -2.23. The van der Waals surface area contributed by atoms with E-state index in [2.05, 4.69) is 4.98 Å². The second kappa shape index (κ2) is 6.87. The molecule has 2 N–H and O–H groups in total. The van der Waals surface area contributed by atoms with E-state index in [1.54, 1.807) is 0 Å². The van der Waals surface area contributed by atoms with Crippen LogP contribution in [0.5, 0.6) is 0 Å². The molecule has 0 spiro atoms. The largest absolute Gasteiger partial charge is 0.416 e. The molecule has 0 radical (unpaired) electrons. The molecule has 0 saturated heterocycles. The number of benzene rings is 2. The molecule has 3 rings (SSSR count). The van der Waals surface area contributed by atoms with Gasteiger partial charge in [0.1, 0.15) is 11.6 Å². The highest BCUT2D eigenvalue weighted by atomic mass is 19.4. The van der Waals surface area contributed by atoms with Gasteiger partial charge in [-0.3, -0.25) is 0 Å². The SMILES string of the molecule is NC/C=C(\F)Cn1cnc2c(-c3cccc(F)c3)cc(C(F)(F)F)cc21. The van der Waals surface area contributed by atoms with Crippen LogP contribution in [0.3, 0.4) is 0 Å². The molecule has 0 saturated carbocycles. The van der Waals surface area contributed by atoms with E-state index in [9.17, 15) is 22.0 Å². The van der Waals surface area contributed by atoms with Gasteiger partial charge in [0.05, 0.1) is 29.5 Å². The zero-order chi connectivity index (χ0) is 18.9. The lowest BCUT2D eigenvalue weighted by atomic mass is 10.0. The van der Waals surface area contributed by atoms with Gasteiger partial charge >= 0.3 is 6.18 Å². The molecule has 8 heteroatoms. The fourth-order valence-corrected chi connectivity index (χ4v) is 2.68. The predicted octanol–water partition coefficient (Wildman–Crippen LogP) is 4.67. The fourth-order valence-electron chi connectivity index (χ4n) is 2.68. The van der Waals surface area contributed by atoms with Crippen molar-refractivity contribution in [3.05, 3.63) is 66.0 Å². The van der Waals surface area contributed by atoms with E-state index in [4.69, 9.17) is 5.73 Å². The van der Waals surface area contributed by atoms with E-state index in [0.717, 1.165) is 24.3 Å². The molecule has 0 bridgehead atoms. The third-order valence-corrected chi connectivity index (χ3v) is 3.85. The van der Waals surface area contributed by atoms with Crippen LogP contribution >= 0.6 is 0 Å². The van der Waals surface area contributed by atoms with Gasteiger partial charge in [0.15, 0.2) is 0 Å². The molecular formula is C18H14F5N3. The summed E-state index contributed by atoms with van der Waals surface area (Å²) < 4.78 is 68.5. The first-order valence-corrected chi connectivity index (χ1v) is 7.66. The Morgan fingerprint density at radius 3 is 2.62 bits per heavy atom. The van der Waals surface area contributed by atoms with E-state index in [1.807, 2.05) is 0 Å². The van der Waals surface area contributed by atoms with Crippen LogP contribution in [0.25, 0.3) is 22.2 Å². The molecule has 3 aromatic rings. The Kier molecular flexibility index (Phi) is 4.78. The van der Waals surface area contributed by atoms with Crippen molar-refractivity contribution in [3.63, 3.8) is 0 Å². The Balaban J connectivity index is 2.24. The van der Waals surface area contributed by atoms with Crippen molar-refractivity contribution >= 4 is 11.0 Å². The summed E-state index contributed by atoms with van der Waals surface area (Å²) in [5, 5.41) is 0. The van der Waals surface area contributed by atoms with Gasteiger partial charge in [-0.15, -0.1) is 0 Å². The Hall–Kier alpha value is -2.74. The lowest BCUT2D eigenvalue weighted by Gasteiger charge is -2.12. The number of halogens is 5. The summed E-state index contributed by atoms with van der Waals surface area (Å²) in [7, 11) is 0. The zero-order valence-corrected chi connectivity index (χ0v) is 13.4. The average molecular weight is 367 g/mol. The molecule has 0 atom stereocenters. The summed E-state index contributed by atoms with van der Waals surface area (Å²) >= 11 is 0. The number of imidazole rings is 1. The van der Waals surface area contributed by atoms with Gasteiger partial charge in [0.2, 0.25) is 0 Å². The zero-order valence-electron chi connectivity index (χ0n) is 13.4. The molecule has 0 fully saturated rings. The average Bonchev–Trinajstić information content (AvgIpc) is 2.96. The van der Waals surface area contributed by atoms with E-state index in [-0.39, 0.29) is 35.2 Å². The van der Waals surface area contributed by atoms with Crippen LogP contribution in [0.15, 0.2) is 54.6 Å². The maximum atomic E-state index is 13.8. The number of alkyl halides is 3. The highest BCUT2D eigenvalue weighted by Crippen LogP contribution is 2.37. The minimum Gasteiger partial charge on any atom is -0.327 e. The van der Waals surface area contributed by atoms with Crippen molar-refractivity contribution < 1.29 is 22.0 Å². The van der Waals surface area contributed by atoms with Crippen molar-refractivity contribution in [1.29, 1.82) is 0 Å². The highest BCUT2D eigenvalue weighted by Gasteiger charge is 2.32. The van der Waals surface area contributed by atoms with Gasteiger partial charge in [0.25, 0.3) is 0 Å². The van der Waals surface area contributed by atoms with Gasteiger partial charge in [-0.2, -0.15) is 13.2 Å². The summed E-state index contributed by atoms with van der Waals surface area (Å²) in [5.41, 5.74) is 5.02. The van der Waals surface area contributed by atoms with Gasteiger partial charge in [-0.1, -0.05) is 12.1 Å². The maximum Gasteiger partial charge on any atom is 0.416 e. The monoisotopic (exact) mass is 367 g/mol. The summed E-state index contributed by atoms with van der Waals surface area (Å²) in [6.45, 7) is -0.321. The molecule has 1 aromatic heterocycles. The smallest absolute Gasteiger partial charge is 0.327 e. The van der Waals surface area contributed by atoms with Crippen LogP contribution in [0.2, 0.25) is 0 Å². The number of aromatic nitrogens is 2. The molecule has 136 valence electrons. The van der Waals surface area contributed by atoms with Crippen LogP contribution in [0.1, 0.15) is 5.56 Å². The minimum absolute atomic E-state index is 0.0270. The van der Waals surface area contributed by atoms with E-state index in [1.165, 1.54) is 29.1 Å². The number of nitrogens with zero attached hydrogens (tertiary/aromatic N) is 2. The molecule has 26 heavy (non-hydrogen) atoms. The standard InChI is InChI=1S/C18H14F5N3/c19-13-3-1-2-11(6-13)15-7-12(18(21,22)23)8-16-17(15)25-10-26(16)9-14(20)4-5-24/h1-4,6-8,10H,5,9,24H2/b14-4-. The second-order valence-electron chi connectivity index (χ2n) is 5.66. The summed E-state index contributed by atoms with van der Waals surface area (Å²) in [5.74, 6) is -1.17. The van der Waals surface area contributed by atoms with Crippen LogP contribution < -0.4 is 5.73 Å². The summed E-state index contributed by atoms with van der Waals surface area (Å²) in [6, 6.07) is 7.04. The van der Waals surface area contributed by atoms with Crippen LogP contribution in [-0.2, 0) is 12.7 Å². The Morgan fingerprint density at radius 1 is 1.19 bits per heavy atom. The van der Waals surface area contributed by atoms with Crippen molar-refractivity contribution in [1.82, 2.24) is 9.55 Å². The van der Waals surface area contributed by atoms with Crippen LogP contribution in [0.4, 0.5) is 22.0 Å². The third kappa shape index (κ3) is 3.60. The number of rotatable bonds is 4. The summed E-state index contributed by atoms with van der Waals surface area (Å²) in [4.78, 5) is 4.11. The van der Waals surface area contributed by atoms with Crippen molar-refractivity contribution in [2.45, 2.75) is 12.7 Å². The first-order chi connectivity index (χ1) is 12.3. The first-order valence-electron chi connectivity index (χ1n) is 7.66. The van der Waals surface area contributed by atoms with Crippen molar-refractivity contribution in [2.24, 2.45) is 5.73 Å². The Labute approximate surface area is 145 Å². The molecule has 0 aliphatic heterocycles.